The summed E-state index contributed by atoms with van der Waals surface area (Å²) in [6.45, 7) is 2.76. The van der Waals surface area contributed by atoms with Crippen molar-refractivity contribution in [2.75, 3.05) is 26.2 Å². The first-order valence-corrected chi connectivity index (χ1v) is 16.5. The first-order valence-electron chi connectivity index (χ1n) is 15.6. The predicted molar refractivity (Wildman–Crippen MR) is 175 cm³/mol. The lowest BCUT2D eigenvalue weighted by Crippen LogP contribution is -2.34. The van der Waals surface area contributed by atoms with E-state index in [2.05, 4.69) is 44.2 Å². The molecule has 0 saturated heterocycles. The number of fused-ring (bicyclic) bond motifs is 1. The molecule has 2 aromatic carbocycles. The highest BCUT2D eigenvalue weighted by Gasteiger charge is 2.42. The van der Waals surface area contributed by atoms with Crippen LogP contribution in [0.4, 0.5) is 13.2 Å². The molecule has 4 atom stereocenters. The Morgan fingerprint density at radius 2 is 1.70 bits per heavy atom. The van der Waals surface area contributed by atoms with Crippen molar-refractivity contribution in [2.45, 2.75) is 50.1 Å². The molecule has 46 heavy (non-hydrogen) atoms. The van der Waals surface area contributed by atoms with Gasteiger partial charge in [-0.25, -0.2) is 9.97 Å². The maximum atomic E-state index is 12.7. The molecule has 0 amide bonds. The van der Waals surface area contributed by atoms with Crippen molar-refractivity contribution in [1.82, 2.24) is 25.2 Å². The molecule has 0 unspecified atom stereocenters. The fourth-order valence-electron chi connectivity index (χ4n) is 6.30. The van der Waals surface area contributed by atoms with E-state index in [1.165, 1.54) is 29.6 Å². The topological polar surface area (TPSA) is 95.2 Å². The van der Waals surface area contributed by atoms with Crippen molar-refractivity contribution in [1.29, 1.82) is 0 Å². The molecule has 0 bridgehead atoms. The number of rotatable bonds is 13. The van der Waals surface area contributed by atoms with E-state index in [1.807, 2.05) is 35.2 Å². The van der Waals surface area contributed by atoms with E-state index in [4.69, 9.17) is 0 Å². The van der Waals surface area contributed by atoms with Gasteiger partial charge >= 0.3 is 6.18 Å². The predicted octanol–water partition coefficient (Wildman–Crippen LogP) is 5.86. The van der Waals surface area contributed by atoms with E-state index in [0.29, 0.717) is 25.9 Å². The number of halogens is 3. The molecule has 1 fully saturated rings. The van der Waals surface area contributed by atoms with Gasteiger partial charge in [-0.1, -0.05) is 42.5 Å². The third-order valence-corrected chi connectivity index (χ3v) is 9.79. The Bertz CT molecular complexity index is 1710. The molecule has 7 nitrogen and oxygen atoms in total. The van der Waals surface area contributed by atoms with E-state index in [1.54, 1.807) is 11.3 Å². The van der Waals surface area contributed by atoms with Crippen molar-refractivity contribution < 1.29 is 23.4 Å². The van der Waals surface area contributed by atoms with Crippen LogP contribution in [0.15, 0.2) is 84.8 Å². The van der Waals surface area contributed by atoms with Crippen molar-refractivity contribution in [3.05, 3.63) is 107 Å². The molecule has 0 aliphatic heterocycles. The van der Waals surface area contributed by atoms with E-state index in [9.17, 15) is 23.4 Å². The number of aliphatic hydroxyl groups is 2. The number of aromatic nitrogens is 3. The molecule has 3 aromatic heterocycles. The van der Waals surface area contributed by atoms with E-state index < -0.39 is 23.9 Å². The highest BCUT2D eigenvalue weighted by Crippen LogP contribution is 2.41. The fraction of sp³-hybridized carbons (Fsp3) is 0.371. The Hall–Kier alpha value is -3.61. The Labute approximate surface area is 270 Å². The van der Waals surface area contributed by atoms with Gasteiger partial charge in [-0.2, -0.15) is 13.2 Å². The smallest absolute Gasteiger partial charge is 0.390 e. The van der Waals surface area contributed by atoms with Crippen molar-refractivity contribution in [3.63, 3.8) is 0 Å². The molecule has 5 aromatic rings. The molecule has 242 valence electrons. The monoisotopic (exact) mass is 649 g/mol. The lowest BCUT2D eigenvalue weighted by atomic mass is 10.1. The van der Waals surface area contributed by atoms with Crippen molar-refractivity contribution in [2.24, 2.45) is 5.92 Å². The largest absolute Gasteiger partial charge is 0.416 e. The van der Waals surface area contributed by atoms with Crippen LogP contribution in [0, 0.1) is 5.92 Å². The summed E-state index contributed by atoms with van der Waals surface area (Å²) in [7, 11) is 0. The number of hydrogen-bond acceptors (Lipinski definition) is 7. The third-order valence-electron chi connectivity index (χ3n) is 8.78. The standard InChI is InChI=1S/C35H38F3N5O2S/c36-35(37,38)27-9-7-23(8-10-27)11-14-39-12-4-13-40-18-26-17-30(33(45)32(26)44)43-20-29(28-19-41-22-42-34(28)43)31-16-25(21-46-31)15-24-5-2-1-3-6-24/h1-3,5-10,16,19-22,26,30,32-33,39-40,44-45H,4,11-15,17-18H2/t26-,30-,32-,33+/m1/s1. The molecule has 1 saturated carbocycles. The quantitative estimate of drug-likeness (QED) is 0.119. The van der Waals surface area contributed by atoms with E-state index >= 15 is 0 Å². The molecule has 11 heteroatoms. The summed E-state index contributed by atoms with van der Waals surface area (Å²) in [6, 6.07) is 17.6. The minimum absolute atomic E-state index is 0.116. The summed E-state index contributed by atoms with van der Waals surface area (Å²) >= 11 is 1.68. The van der Waals surface area contributed by atoms with Crippen LogP contribution in [0.1, 0.15) is 41.1 Å². The average Bonchev–Trinajstić information content (AvgIpc) is 3.75. The summed E-state index contributed by atoms with van der Waals surface area (Å²) in [4.78, 5) is 9.97. The SMILES string of the molecule is O[C@@H]1[C@@H](CNCCCNCCc2ccc(C(F)(F)F)cc2)C[C@@H](n2cc(-c3cc(Cc4ccccc4)cs3)c3cncnc32)[C@@H]1O. The van der Waals surface area contributed by atoms with Gasteiger partial charge in [-0.05, 0) is 85.6 Å². The molecular formula is C35H38F3N5O2S. The average molecular weight is 650 g/mol. The highest BCUT2D eigenvalue weighted by molar-refractivity contribution is 7.13. The lowest BCUT2D eigenvalue weighted by molar-refractivity contribution is -0.137. The zero-order chi connectivity index (χ0) is 32.1. The molecule has 0 spiro atoms. The normalized spacial score (nSPS) is 20.1. The zero-order valence-electron chi connectivity index (χ0n) is 25.3. The van der Waals surface area contributed by atoms with Gasteiger partial charge in [0.1, 0.15) is 18.1 Å². The van der Waals surface area contributed by atoms with Crippen molar-refractivity contribution in [3.8, 4) is 10.4 Å². The lowest BCUT2D eigenvalue weighted by Gasteiger charge is -2.19. The summed E-state index contributed by atoms with van der Waals surface area (Å²) in [5.41, 5.74) is 4.49. The number of hydrogen-bond donors (Lipinski definition) is 4. The summed E-state index contributed by atoms with van der Waals surface area (Å²) < 4.78 is 40.2. The van der Waals surface area contributed by atoms with Gasteiger partial charge < -0.3 is 25.4 Å². The van der Waals surface area contributed by atoms with Crippen LogP contribution in [-0.2, 0) is 19.0 Å². The van der Waals surface area contributed by atoms with Crippen LogP contribution in [0.25, 0.3) is 21.5 Å². The van der Waals surface area contributed by atoms with Gasteiger partial charge in [-0.15, -0.1) is 11.3 Å². The summed E-state index contributed by atoms with van der Waals surface area (Å²) in [5.74, 6) is -0.116. The van der Waals surface area contributed by atoms with Crippen LogP contribution < -0.4 is 10.6 Å². The number of nitrogens with zero attached hydrogens (tertiary/aromatic N) is 3. The van der Waals surface area contributed by atoms with Gasteiger partial charge in [0.2, 0.25) is 0 Å². The minimum atomic E-state index is -4.32. The van der Waals surface area contributed by atoms with Gasteiger partial charge in [0.15, 0.2) is 0 Å². The van der Waals surface area contributed by atoms with Gasteiger partial charge in [0, 0.05) is 40.7 Å². The Morgan fingerprint density at radius 1 is 0.913 bits per heavy atom. The molecule has 3 heterocycles. The second-order valence-electron chi connectivity index (χ2n) is 12.0. The first-order chi connectivity index (χ1) is 22.3. The van der Waals surface area contributed by atoms with Crippen LogP contribution in [-0.4, -0.2) is 63.1 Å². The molecule has 6 rings (SSSR count). The molecule has 0 radical (unpaired) electrons. The Kier molecular flexibility index (Phi) is 10.1. The van der Waals surface area contributed by atoms with Crippen molar-refractivity contribution >= 4 is 22.4 Å². The maximum absolute atomic E-state index is 12.7. The first kappa shape index (κ1) is 32.3. The highest BCUT2D eigenvalue weighted by atomic mass is 32.1. The van der Waals surface area contributed by atoms with Crippen LogP contribution in [0.2, 0.25) is 0 Å². The van der Waals surface area contributed by atoms with Gasteiger partial charge in [0.25, 0.3) is 0 Å². The minimum Gasteiger partial charge on any atom is -0.390 e. The van der Waals surface area contributed by atoms with Gasteiger partial charge in [0.05, 0.1) is 17.7 Å². The number of thiophene rings is 1. The van der Waals surface area contributed by atoms with Crippen LogP contribution in [0.3, 0.4) is 0 Å². The second kappa shape index (κ2) is 14.4. The number of benzene rings is 2. The molecule has 1 aliphatic carbocycles. The number of aliphatic hydroxyl groups excluding tert-OH is 2. The Morgan fingerprint density at radius 3 is 2.48 bits per heavy atom. The van der Waals surface area contributed by atoms with Gasteiger partial charge in [-0.3, -0.25) is 0 Å². The molecule has 4 N–H and O–H groups in total. The van der Waals surface area contributed by atoms with Crippen LogP contribution >= 0.6 is 11.3 Å². The third kappa shape index (κ3) is 7.50. The van der Waals surface area contributed by atoms with E-state index in [0.717, 1.165) is 65.1 Å². The van der Waals surface area contributed by atoms with E-state index in [-0.39, 0.29) is 12.0 Å². The number of nitrogens with one attached hydrogen (secondary N) is 2. The second-order valence-corrected chi connectivity index (χ2v) is 12.9. The van der Waals surface area contributed by atoms with Crippen LogP contribution in [0.5, 0.6) is 0 Å². The fourth-order valence-corrected chi connectivity index (χ4v) is 7.24. The maximum Gasteiger partial charge on any atom is 0.416 e. The Balaban J connectivity index is 1.000. The number of alkyl halides is 3. The summed E-state index contributed by atoms with van der Waals surface area (Å²) in [6.07, 6.45) is 2.26. The zero-order valence-corrected chi connectivity index (χ0v) is 26.1. The summed E-state index contributed by atoms with van der Waals surface area (Å²) in [5, 5.41) is 31.9. The molecule has 1 aliphatic rings. The molecular weight excluding hydrogens is 611 g/mol.